The highest BCUT2D eigenvalue weighted by Gasteiger charge is 2.12. The number of nitrogens with one attached hydrogen (secondary N) is 1. The van der Waals surface area contributed by atoms with Gasteiger partial charge in [-0.2, -0.15) is 13.1 Å². The first-order valence-electron chi connectivity index (χ1n) is 7.46. The number of unbranched alkanes of at least 4 members (excludes halogenated alkanes) is 9. The van der Waals surface area contributed by atoms with Gasteiger partial charge in [-0.25, -0.2) is 4.79 Å². The van der Waals surface area contributed by atoms with E-state index in [0.29, 0.717) is 0 Å². The van der Waals surface area contributed by atoms with E-state index >= 15 is 0 Å². The summed E-state index contributed by atoms with van der Waals surface area (Å²) in [5, 5.41) is 0. The summed E-state index contributed by atoms with van der Waals surface area (Å²) < 4.78 is 28.2. The summed E-state index contributed by atoms with van der Waals surface area (Å²) in [6.07, 6.45) is 10.5. The minimum Gasteiger partial charge on any atom is -0.334 e. The van der Waals surface area contributed by atoms with Gasteiger partial charge in [0.2, 0.25) is 0 Å². The summed E-state index contributed by atoms with van der Waals surface area (Å²) in [6.45, 7) is 2.48. The lowest BCUT2D eigenvalue weighted by Gasteiger charge is -2.05. The van der Waals surface area contributed by atoms with Gasteiger partial charge in [0, 0.05) is 6.54 Å². The van der Waals surface area contributed by atoms with Gasteiger partial charge in [-0.3, -0.25) is 0 Å². The number of carbonyl (C=O) groups excluding carboxylic acids is 1. The second-order valence-electron chi connectivity index (χ2n) is 4.93. The van der Waals surface area contributed by atoms with E-state index in [9.17, 15) is 13.2 Å². The minimum absolute atomic E-state index is 0.270. The van der Waals surface area contributed by atoms with Crippen molar-refractivity contribution in [3.8, 4) is 0 Å². The largest absolute Gasteiger partial charge is 0.421 e. The van der Waals surface area contributed by atoms with E-state index in [1.54, 1.807) is 0 Å². The van der Waals surface area contributed by atoms with Crippen molar-refractivity contribution in [2.24, 2.45) is 5.73 Å². The summed E-state index contributed by atoms with van der Waals surface area (Å²) in [6, 6.07) is 0. The average Bonchev–Trinajstić information content (AvgIpc) is 2.34. The molecule has 0 aromatic heterocycles. The predicted molar refractivity (Wildman–Crippen MR) is 79.4 cm³/mol. The number of hydrogen-bond donors (Lipinski definition) is 2. The summed E-state index contributed by atoms with van der Waals surface area (Å²) in [7, 11) is -4.02. The monoisotopic (exact) mass is 308 g/mol. The van der Waals surface area contributed by atoms with E-state index in [1.807, 2.05) is 0 Å². The van der Waals surface area contributed by atoms with Crippen LogP contribution in [0.3, 0.4) is 0 Å². The van der Waals surface area contributed by atoms with Crippen LogP contribution < -0.4 is 10.5 Å². The molecule has 0 aromatic carbocycles. The van der Waals surface area contributed by atoms with Gasteiger partial charge in [0.25, 0.3) is 0 Å². The number of rotatable bonds is 13. The standard InChI is InChI=1S/C13H28N2O4S/c1-2-3-4-5-6-7-8-9-10-11-12-15-20(17,18)19-13(14)16/h15H,2-12H2,1H3,(H2,14,16). The van der Waals surface area contributed by atoms with Crippen molar-refractivity contribution in [2.75, 3.05) is 6.54 Å². The molecule has 0 unspecified atom stereocenters. The molecule has 0 fully saturated rings. The summed E-state index contributed by atoms with van der Waals surface area (Å²) in [4.78, 5) is 10.3. The first kappa shape index (κ1) is 19.2. The normalized spacial score (nSPS) is 11.4. The van der Waals surface area contributed by atoms with Gasteiger partial charge in [-0.15, -0.1) is 0 Å². The number of carbonyl (C=O) groups is 1. The van der Waals surface area contributed by atoms with Crippen molar-refractivity contribution in [2.45, 2.75) is 71.1 Å². The van der Waals surface area contributed by atoms with E-state index in [1.165, 1.54) is 44.9 Å². The Bertz CT molecular complexity index is 344. The van der Waals surface area contributed by atoms with E-state index < -0.39 is 16.4 Å². The summed E-state index contributed by atoms with van der Waals surface area (Å²) >= 11 is 0. The molecule has 0 aliphatic carbocycles. The van der Waals surface area contributed by atoms with Crippen molar-refractivity contribution in [3.63, 3.8) is 0 Å². The molecule has 7 heteroatoms. The summed E-state index contributed by atoms with van der Waals surface area (Å²) in [5.74, 6) is 0. The third-order valence-electron chi connectivity index (χ3n) is 3.00. The lowest BCUT2D eigenvalue weighted by Crippen LogP contribution is -2.31. The highest BCUT2D eigenvalue weighted by Crippen LogP contribution is 2.10. The molecule has 20 heavy (non-hydrogen) atoms. The van der Waals surface area contributed by atoms with Crippen LogP contribution in [0.2, 0.25) is 0 Å². The molecular weight excluding hydrogens is 280 g/mol. The van der Waals surface area contributed by atoms with E-state index in [4.69, 9.17) is 0 Å². The van der Waals surface area contributed by atoms with Gasteiger partial charge in [0.15, 0.2) is 0 Å². The van der Waals surface area contributed by atoms with Gasteiger partial charge in [0.1, 0.15) is 0 Å². The molecule has 0 aliphatic rings. The van der Waals surface area contributed by atoms with E-state index in [0.717, 1.165) is 19.3 Å². The van der Waals surface area contributed by atoms with Crippen LogP contribution in [-0.4, -0.2) is 21.1 Å². The molecule has 0 bridgehead atoms. The van der Waals surface area contributed by atoms with Crippen LogP contribution in [0.4, 0.5) is 4.79 Å². The average molecular weight is 308 g/mol. The molecule has 0 aliphatic heterocycles. The van der Waals surface area contributed by atoms with Crippen molar-refractivity contribution < 1.29 is 17.4 Å². The zero-order valence-electron chi connectivity index (χ0n) is 12.4. The maximum Gasteiger partial charge on any atom is 0.421 e. The molecule has 0 heterocycles. The molecule has 0 atom stereocenters. The van der Waals surface area contributed by atoms with Crippen molar-refractivity contribution in [1.82, 2.24) is 4.72 Å². The third-order valence-corrected chi connectivity index (χ3v) is 3.94. The first-order valence-corrected chi connectivity index (χ1v) is 8.87. The van der Waals surface area contributed by atoms with Gasteiger partial charge in [0.05, 0.1) is 0 Å². The van der Waals surface area contributed by atoms with Gasteiger partial charge in [-0.05, 0) is 6.42 Å². The van der Waals surface area contributed by atoms with Crippen LogP contribution in [0.25, 0.3) is 0 Å². The van der Waals surface area contributed by atoms with Crippen molar-refractivity contribution in [3.05, 3.63) is 0 Å². The summed E-state index contributed by atoms with van der Waals surface area (Å²) in [5.41, 5.74) is 4.63. The second kappa shape index (κ2) is 12.0. The molecule has 120 valence electrons. The van der Waals surface area contributed by atoms with Gasteiger partial charge >= 0.3 is 16.4 Å². The Kier molecular flexibility index (Phi) is 11.5. The second-order valence-corrected chi connectivity index (χ2v) is 6.30. The van der Waals surface area contributed by atoms with E-state index in [2.05, 4.69) is 21.6 Å². The Morgan fingerprint density at radius 2 is 1.40 bits per heavy atom. The fourth-order valence-electron chi connectivity index (χ4n) is 1.95. The van der Waals surface area contributed by atoms with Crippen LogP contribution in [0.5, 0.6) is 0 Å². The number of primary amides is 1. The molecule has 0 aromatic rings. The quantitative estimate of drug-likeness (QED) is 0.511. The molecule has 1 amide bonds. The Morgan fingerprint density at radius 1 is 0.950 bits per heavy atom. The van der Waals surface area contributed by atoms with Crippen molar-refractivity contribution in [1.29, 1.82) is 0 Å². The zero-order chi connectivity index (χ0) is 15.3. The molecule has 0 rings (SSSR count). The Morgan fingerprint density at radius 3 is 1.85 bits per heavy atom. The smallest absolute Gasteiger partial charge is 0.334 e. The molecule has 0 spiro atoms. The van der Waals surface area contributed by atoms with Crippen LogP contribution >= 0.6 is 0 Å². The fourth-order valence-corrected chi connectivity index (χ4v) is 2.62. The highest BCUT2D eigenvalue weighted by molar-refractivity contribution is 7.85. The fraction of sp³-hybridized carbons (Fsp3) is 0.923. The highest BCUT2D eigenvalue weighted by atomic mass is 32.2. The molecule has 3 N–H and O–H groups in total. The van der Waals surface area contributed by atoms with E-state index in [-0.39, 0.29) is 6.54 Å². The Hall–Kier alpha value is -0.820. The number of hydrogen-bond acceptors (Lipinski definition) is 4. The zero-order valence-corrected chi connectivity index (χ0v) is 13.2. The topological polar surface area (TPSA) is 98.5 Å². The molecule has 0 saturated heterocycles. The first-order chi connectivity index (χ1) is 9.48. The van der Waals surface area contributed by atoms with Crippen LogP contribution in [-0.2, 0) is 14.5 Å². The Balaban J connectivity index is 3.30. The predicted octanol–water partition coefficient (Wildman–Crippen LogP) is 2.84. The lowest BCUT2D eigenvalue weighted by atomic mass is 10.1. The maximum atomic E-state index is 11.1. The minimum atomic E-state index is -4.02. The Labute approximate surface area is 122 Å². The van der Waals surface area contributed by atoms with Crippen molar-refractivity contribution >= 4 is 16.4 Å². The van der Waals surface area contributed by atoms with Crippen LogP contribution in [0, 0.1) is 0 Å². The number of amides is 1. The molecule has 6 nitrogen and oxygen atoms in total. The molecule has 0 saturated carbocycles. The van der Waals surface area contributed by atoms with Crippen LogP contribution in [0.1, 0.15) is 71.1 Å². The maximum absolute atomic E-state index is 11.1. The number of nitrogens with two attached hydrogens (primary N) is 1. The third kappa shape index (κ3) is 13.6. The molecular formula is C13H28N2O4S. The van der Waals surface area contributed by atoms with Crippen LogP contribution in [0.15, 0.2) is 0 Å². The van der Waals surface area contributed by atoms with Gasteiger partial charge in [-0.1, -0.05) is 64.7 Å². The van der Waals surface area contributed by atoms with Gasteiger partial charge < -0.3 is 9.92 Å². The molecule has 0 radical (unpaired) electrons. The lowest BCUT2D eigenvalue weighted by molar-refractivity contribution is 0.212. The SMILES string of the molecule is CCCCCCCCCCCCNS(=O)(=O)OC(N)=O.